The maximum atomic E-state index is 10.8. The van der Waals surface area contributed by atoms with Crippen LogP contribution in [0.3, 0.4) is 0 Å². The summed E-state index contributed by atoms with van der Waals surface area (Å²) in [5, 5.41) is 0. The van der Waals surface area contributed by atoms with Crippen molar-refractivity contribution in [3.63, 3.8) is 0 Å². The molecule has 0 radical (unpaired) electrons. The van der Waals surface area contributed by atoms with Gasteiger partial charge in [-0.3, -0.25) is 0 Å². The molecule has 0 aliphatic carbocycles. The third kappa shape index (κ3) is 72.7. The summed E-state index contributed by atoms with van der Waals surface area (Å²) >= 11 is 7.00. The van der Waals surface area contributed by atoms with Crippen LogP contribution in [0.15, 0.2) is 0 Å². The lowest BCUT2D eigenvalue weighted by atomic mass is 15.9. The fourth-order valence-electron chi connectivity index (χ4n) is 0. The summed E-state index contributed by atoms with van der Waals surface area (Å²) < 4.78 is 20.0. The summed E-state index contributed by atoms with van der Waals surface area (Å²) in [4.78, 5) is 0. The van der Waals surface area contributed by atoms with Gasteiger partial charge in [-0.15, -0.1) is 0 Å². The summed E-state index contributed by atoms with van der Waals surface area (Å²) in [6.07, 6.45) is 0. The highest BCUT2D eigenvalue weighted by Crippen LogP contribution is 1.78. The molecule has 0 amide bonds. The molecule has 0 bridgehead atoms. The van der Waals surface area contributed by atoms with Crippen LogP contribution in [0.2, 0.25) is 0 Å². The van der Waals surface area contributed by atoms with Crippen LogP contribution < -0.4 is 0 Å². The lowest BCUT2D eigenvalue weighted by Crippen LogP contribution is -1.74. The van der Waals surface area contributed by atoms with Crippen LogP contribution >= 0.6 is 0 Å². The molecule has 0 heterocycles. The maximum Gasteiger partial charge on any atom is -0.00180 e. The van der Waals surface area contributed by atoms with E-state index in [2.05, 4.69) is 22.4 Å². The minimum Gasteiger partial charge on any atom is -0.766 e. The molecule has 0 aromatic rings. The van der Waals surface area contributed by atoms with Gasteiger partial charge in [-0.2, -0.15) is 3.89 Å². The van der Waals surface area contributed by atoms with Crippen molar-refractivity contribution in [2.75, 3.05) is 0 Å². The summed E-state index contributed by atoms with van der Waals surface area (Å²) in [6.45, 7) is 0. The summed E-state index contributed by atoms with van der Waals surface area (Å²) in [7, 11) is -3.75. The van der Waals surface area contributed by atoms with Crippen LogP contribution in [-0.2, 0) is 30.2 Å². The Hall–Kier alpha value is 0.680. The van der Waals surface area contributed by atoms with E-state index in [1.54, 1.807) is 0 Å². The van der Waals surface area contributed by atoms with E-state index in [1.807, 2.05) is 0 Å². The van der Waals surface area contributed by atoms with E-state index in [0.717, 1.165) is 0 Å². The van der Waals surface area contributed by atoms with Crippen LogP contribution in [0, 0.1) is 0 Å². The van der Waals surface area contributed by atoms with E-state index < -0.39 is 7.81 Å². The fourth-order valence-corrected chi connectivity index (χ4v) is 0. The predicted molar refractivity (Wildman–Crippen MR) is 24.0 cm³/mol. The van der Waals surface area contributed by atoms with Gasteiger partial charge in [0.1, 0.15) is 0 Å². The Morgan fingerprint density at radius 2 is 1.60 bits per heavy atom. The van der Waals surface area contributed by atoms with Gasteiger partial charge in [0, 0.05) is 0 Å². The minimum atomic E-state index is -3.75. The largest absolute Gasteiger partial charge is 0.766 e. The van der Waals surface area contributed by atoms with Crippen molar-refractivity contribution in [2.24, 2.45) is 0 Å². The van der Waals surface area contributed by atoms with Crippen molar-refractivity contribution >= 4 is 30.2 Å². The summed E-state index contributed by atoms with van der Waals surface area (Å²) in [5.41, 5.74) is 0. The number of hydrogen-bond donors (Lipinski definition) is 0. The number of halogens is 1. The van der Waals surface area contributed by atoms with Gasteiger partial charge < -0.3 is 4.55 Å². The van der Waals surface area contributed by atoms with Gasteiger partial charge in [0.15, 0.2) is 0 Å². The first-order valence-electron chi connectivity index (χ1n) is 0.654. The molecule has 0 saturated carbocycles. The average Bonchev–Trinajstić information content (AvgIpc) is 0.722. The highest BCUT2D eigenvalue weighted by Gasteiger charge is 1.60. The van der Waals surface area contributed by atoms with E-state index in [1.165, 1.54) is 0 Å². The first-order chi connectivity index (χ1) is 2.00. The Morgan fingerprint density at radius 3 is 1.60 bits per heavy atom. The Kier molecular flexibility index (Phi) is 1.61. The van der Waals surface area contributed by atoms with Crippen molar-refractivity contribution in [1.29, 1.82) is 0 Å². The second-order valence-electron chi connectivity index (χ2n) is 0.393. The van der Waals surface area contributed by atoms with Crippen molar-refractivity contribution < 1.29 is 8.44 Å². The molecule has 0 atom stereocenters. The van der Waals surface area contributed by atoms with Crippen molar-refractivity contribution in [1.82, 2.24) is 0 Å². The molecular weight excluding hydrogens is 131 g/mol. The van der Waals surface area contributed by atoms with Crippen LogP contribution in [0.25, 0.3) is 0 Å². The lowest BCUT2D eigenvalue weighted by Gasteiger charge is -1.94. The summed E-state index contributed by atoms with van der Waals surface area (Å²) in [6, 6.07) is 0. The lowest BCUT2D eigenvalue weighted by molar-refractivity contribution is 0.570. The van der Waals surface area contributed by atoms with E-state index in [4.69, 9.17) is 4.55 Å². The van der Waals surface area contributed by atoms with Crippen molar-refractivity contribution in [3.05, 3.63) is 0 Å². The molecule has 1 nitrogen and oxygen atoms in total. The van der Waals surface area contributed by atoms with Crippen LogP contribution in [0.1, 0.15) is 0 Å². The highest BCUT2D eigenvalue weighted by molar-refractivity contribution is 8.51. The molecule has 0 unspecified atom stereocenters. The number of rotatable bonds is 0. The van der Waals surface area contributed by atoms with Crippen LogP contribution in [-0.4, -0.2) is 4.55 Å². The first kappa shape index (κ1) is 5.68. The van der Waals surface area contributed by atoms with Gasteiger partial charge in [0.2, 0.25) is 0 Å². The maximum absolute atomic E-state index is 10.8. The van der Waals surface area contributed by atoms with Crippen molar-refractivity contribution in [3.8, 4) is 0 Å². The van der Waals surface area contributed by atoms with Gasteiger partial charge in [-0.05, 0) is 30.2 Å². The Balaban J connectivity index is 4.06. The standard InChI is InChI=1S/FHOS3/c1-5(2,3)4/h(H,2,3,4)/p-1. The molecule has 0 rings (SSSR count). The van der Waals surface area contributed by atoms with Crippen LogP contribution in [0.5, 0.6) is 0 Å². The van der Waals surface area contributed by atoms with Gasteiger partial charge in [-0.1, -0.05) is 0 Å². The van der Waals surface area contributed by atoms with Gasteiger partial charge in [0.25, 0.3) is 0 Å². The number of hydrogen-bond acceptors (Lipinski definition) is 3. The molecule has 0 fully saturated rings. The molecule has 0 N–H and O–H groups in total. The topological polar surface area (TPSA) is 23.1 Å². The van der Waals surface area contributed by atoms with E-state index >= 15 is 0 Å². The first-order valence-corrected chi connectivity index (χ1v) is 3.96. The summed E-state index contributed by atoms with van der Waals surface area (Å²) in [5.74, 6) is 0. The monoisotopic (exact) mass is 131 g/mol. The normalized spacial score (nSPS) is 11.6. The Morgan fingerprint density at radius 1 is 1.60 bits per heavy atom. The molecule has 0 aliphatic rings. The molecule has 5 heteroatoms. The predicted octanol–water partition coefficient (Wildman–Crippen LogP) is 0.0791. The second-order valence-corrected chi connectivity index (χ2v) is 4.38. The van der Waals surface area contributed by atoms with Crippen molar-refractivity contribution in [2.45, 2.75) is 0 Å². The SMILES string of the molecule is [O-]S(F)(=S)=S. The molecule has 0 aliphatic heterocycles. The molecule has 0 spiro atoms. The van der Waals surface area contributed by atoms with Gasteiger partial charge in [-0.25, -0.2) is 0 Å². The zero-order chi connectivity index (χ0) is 4.50. The van der Waals surface area contributed by atoms with Gasteiger partial charge >= 0.3 is 0 Å². The molecule has 0 aromatic heterocycles. The molecule has 5 heavy (non-hydrogen) atoms. The Bertz CT molecular complexity index is 90.1. The molecular formula is FOS3-. The van der Waals surface area contributed by atoms with E-state index in [-0.39, 0.29) is 0 Å². The average molecular weight is 131 g/mol. The minimum absolute atomic E-state index is 3.50. The molecule has 0 aromatic carbocycles. The molecule has 32 valence electrons. The third-order valence-electron chi connectivity index (χ3n) is 0. The fraction of sp³-hybridized carbons (Fsp3) is 0. The van der Waals surface area contributed by atoms with Gasteiger partial charge in [0.05, 0.1) is 0 Å². The third-order valence-corrected chi connectivity index (χ3v) is 0. The van der Waals surface area contributed by atoms with Crippen LogP contribution in [0.4, 0.5) is 3.89 Å². The zero-order valence-electron chi connectivity index (χ0n) is 2.01. The smallest absolute Gasteiger partial charge is 0.00180 e. The quantitative estimate of drug-likeness (QED) is 0.435. The Labute approximate surface area is 39.1 Å². The highest BCUT2D eigenvalue weighted by atomic mass is 33.1. The second kappa shape index (κ2) is 1.42. The zero-order valence-corrected chi connectivity index (χ0v) is 4.46. The van der Waals surface area contributed by atoms with E-state index in [0.29, 0.717) is 0 Å². The van der Waals surface area contributed by atoms with E-state index in [9.17, 15) is 3.89 Å². The molecule has 0 saturated heterocycles.